The zero-order valence-electron chi connectivity index (χ0n) is 10.2. The fraction of sp³-hybridized carbons (Fsp3) is 0.500. The molecule has 92 valence electrons. The Morgan fingerprint density at radius 1 is 1.47 bits per heavy atom. The van der Waals surface area contributed by atoms with Crippen LogP contribution in [0, 0.1) is 0 Å². The van der Waals surface area contributed by atoms with Crippen molar-refractivity contribution in [1.82, 2.24) is 4.90 Å². The molecule has 1 fully saturated rings. The molecule has 0 bridgehead atoms. The number of nitrogens with zero attached hydrogens (tertiary/aromatic N) is 1. The first kappa shape index (κ1) is 12.1. The zero-order valence-corrected chi connectivity index (χ0v) is 10.2. The number of carbonyl (C=O) groups is 1. The van der Waals surface area contributed by atoms with Gasteiger partial charge in [-0.2, -0.15) is 0 Å². The molecule has 2 unspecified atom stereocenters. The second-order valence-corrected chi connectivity index (χ2v) is 4.67. The Bertz CT molecular complexity index is 377. The molecule has 0 saturated carbocycles. The summed E-state index contributed by atoms with van der Waals surface area (Å²) < 4.78 is 0. The highest BCUT2D eigenvalue weighted by Crippen LogP contribution is 2.27. The van der Waals surface area contributed by atoms with Gasteiger partial charge in [-0.25, -0.2) is 0 Å². The number of hydrogen-bond donors (Lipinski definition) is 1. The topological polar surface area (TPSA) is 40.5 Å². The van der Waals surface area contributed by atoms with Gasteiger partial charge >= 0.3 is 0 Å². The summed E-state index contributed by atoms with van der Waals surface area (Å²) >= 11 is 0. The number of rotatable bonds is 3. The largest absolute Gasteiger partial charge is 0.388 e. The smallest absolute Gasteiger partial charge is 0.219 e. The first-order valence-corrected chi connectivity index (χ1v) is 6.18. The Morgan fingerprint density at radius 2 is 2.18 bits per heavy atom. The predicted molar refractivity (Wildman–Crippen MR) is 66.4 cm³/mol. The molecule has 1 amide bonds. The van der Waals surface area contributed by atoms with Gasteiger partial charge in [-0.05, 0) is 24.8 Å². The van der Waals surface area contributed by atoms with Crippen molar-refractivity contribution in [1.29, 1.82) is 0 Å². The van der Waals surface area contributed by atoms with Gasteiger partial charge in [-0.15, -0.1) is 0 Å². The van der Waals surface area contributed by atoms with E-state index >= 15 is 0 Å². The summed E-state index contributed by atoms with van der Waals surface area (Å²) in [4.78, 5) is 13.3. The van der Waals surface area contributed by atoms with Crippen LogP contribution in [-0.2, 0) is 4.79 Å². The average Bonchev–Trinajstić information content (AvgIpc) is 2.78. The molecule has 1 aliphatic rings. The standard InChI is InChI=1S/C14H19NO2/c1-11(16)15-9-5-8-13(15)10-14(17)12-6-3-2-4-7-12/h2-4,6-7,13-14,17H,5,8-10H2,1H3. The van der Waals surface area contributed by atoms with Crippen molar-refractivity contribution in [3.05, 3.63) is 35.9 Å². The summed E-state index contributed by atoms with van der Waals surface area (Å²) in [5.41, 5.74) is 0.933. The van der Waals surface area contributed by atoms with Gasteiger partial charge in [0.1, 0.15) is 0 Å². The minimum Gasteiger partial charge on any atom is -0.388 e. The molecule has 1 aromatic carbocycles. The quantitative estimate of drug-likeness (QED) is 0.868. The van der Waals surface area contributed by atoms with Crippen molar-refractivity contribution in [3.8, 4) is 0 Å². The zero-order chi connectivity index (χ0) is 12.3. The minimum atomic E-state index is -0.471. The maximum atomic E-state index is 11.4. The summed E-state index contributed by atoms with van der Waals surface area (Å²) in [6, 6.07) is 9.84. The van der Waals surface area contributed by atoms with E-state index in [4.69, 9.17) is 0 Å². The Kier molecular flexibility index (Phi) is 3.79. The van der Waals surface area contributed by atoms with Gasteiger partial charge in [0.25, 0.3) is 0 Å². The van der Waals surface area contributed by atoms with E-state index in [0.29, 0.717) is 6.42 Å². The molecule has 1 aliphatic heterocycles. The molecule has 3 heteroatoms. The van der Waals surface area contributed by atoms with Crippen molar-refractivity contribution in [2.75, 3.05) is 6.54 Å². The highest BCUT2D eigenvalue weighted by Gasteiger charge is 2.28. The molecule has 0 aromatic heterocycles. The first-order chi connectivity index (χ1) is 8.18. The SMILES string of the molecule is CC(=O)N1CCCC1CC(O)c1ccccc1. The monoisotopic (exact) mass is 233 g/mol. The normalized spacial score (nSPS) is 21.5. The van der Waals surface area contributed by atoms with Crippen molar-refractivity contribution in [2.24, 2.45) is 0 Å². The molecule has 17 heavy (non-hydrogen) atoms. The summed E-state index contributed by atoms with van der Waals surface area (Å²) in [5, 5.41) is 10.1. The van der Waals surface area contributed by atoms with E-state index in [1.165, 1.54) is 0 Å². The fourth-order valence-electron chi connectivity index (χ4n) is 2.56. The summed E-state index contributed by atoms with van der Waals surface area (Å²) in [7, 11) is 0. The molecule has 0 spiro atoms. The number of carbonyl (C=O) groups excluding carboxylic acids is 1. The second kappa shape index (κ2) is 5.32. The summed E-state index contributed by atoms with van der Waals surface area (Å²) in [6.07, 6.45) is 2.22. The molecule has 3 nitrogen and oxygen atoms in total. The maximum Gasteiger partial charge on any atom is 0.219 e. The molecule has 1 N–H and O–H groups in total. The minimum absolute atomic E-state index is 0.118. The van der Waals surface area contributed by atoms with Gasteiger partial charge in [0.2, 0.25) is 5.91 Å². The van der Waals surface area contributed by atoms with Crippen LogP contribution in [0.4, 0.5) is 0 Å². The van der Waals surface area contributed by atoms with E-state index < -0.39 is 6.10 Å². The number of aliphatic hydroxyl groups is 1. The van der Waals surface area contributed by atoms with Gasteiger partial charge < -0.3 is 10.0 Å². The molecular formula is C14H19NO2. The van der Waals surface area contributed by atoms with E-state index in [9.17, 15) is 9.90 Å². The van der Waals surface area contributed by atoms with Gasteiger partial charge in [0.15, 0.2) is 0 Å². The molecule has 0 radical (unpaired) electrons. The summed E-state index contributed by atoms with van der Waals surface area (Å²) in [6.45, 7) is 2.44. The van der Waals surface area contributed by atoms with Crippen molar-refractivity contribution in [3.63, 3.8) is 0 Å². The summed E-state index contributed by atoms with van der Waals surface area (Å²) in [5.74, 6) is 0.118. The van der Waals surface area contributed by atoms with Gasteiger partial charge in [-0.3, -0.25) is 4.79 Å². The van der Waals surface area contributed by atoms with Crippen molar-refractivity contribution >= 4 is 5.91 Å². The van der Waals surface area contributed by atoms with E-state index in [0.717, 1.165) is 24.9 Å². The molecule has 1 saturated heterocycles. The van der Waals surface area contributed by atoms with E-state index in [-0.39, 0.29) is 11.9 Å². The molecule has 1 aromatic rings. The van der Waals surface area contributed by atoms with Crippen LogP contribution in [-0.4, -0.2) is 28.5 Å². The van der Waals surface area contributed by atoms with Crippen LogP contribution in [0.3, 0.4) is 0 Å². The number of amides is 1. The molecule has 1 heterocycles. The Balaban J connectivity index is 1.99. The van der Waals surface area contributed by atoms with E-state index in [1.54, 1.807) is 6.92 Å². The van der Waals surface area contributed by atoms with Gasteiger partial charge in [-0.1, -0.05) is 30.3 Å². The first-order valence-electron chi connectivity index (χ1n) is 6.18. The van der Waals surface area contributed by atoms with E-state index in [1.807, 2.05) is 35.2 Å². The lowest BCUT2D eigenvalue weighted by Gasteiger charge is -2.25. The number of benzene rings is 1. The number of aliphatic hydroxyl groups excluding tert-OH is 1. The number of hydrogen-bond acceptors (Lipinski definition) is 2. The highest BCUT2D eigenvalue weighted by molar-refractivity contribution is 5.73. The molecule has 2 rings (SSSR count). The van der Waals surface area contributed by atoms with Crippen LogP contribution < -0.4 is 0 Å². The highest BCUT2D eigenvalue weighted by atomic mass is 16.3. The average molecular weight is 233 g/mol. The fourth-order valence-corrected chi connectivity index (χ4v) is 2.56. The Labute approximate surface area is 102 Å². The van der Waals surface area contributed by atoms with Crippen LogP contribution in [0.15, 0.2) is 30.3 Å². The molecule has 2 atom stereocenters. The second-order valence-electron chi connectivity index (χ2n) is 4.67. The van der Waals surface area contributed by atoms with E-state index in [2.05, 4.69) is 0 Å². The third-order valence-corrected chi connectivity index (χ3v) is 3.46. The molecular weight excluding hydrogens is 214 g/mol. The Hall–Kier alpha value is -1.35. The van der Waals surface area contributed by atoms with Gasteiger partial charge in [0.05, 0.1) is 6.10 Å². The maximum absolute atomic E-state index is 11.4. The van der Waals surface area contributed by atoms with Crippen LogP contribution in [0.2, 0.25) is 0 Å². The van der Waals surface area contributed by atoms with Crippen LogP contribution in [0.1, 0.15) is 37.9 Å². The lowest BCUT2D eigenvalue weighted by Crippen LogP contribution is -2.34. The third kappa shape index (κ3) is 2.86. The van der Waals surface area contributed by atoms with Crippen molar-refractivity contribution < 1.29 is 9.90 Å². The van der Waals surface area contributed by atoms with Crippen LogP contribution in [0.5, 0.6) is 0 Å². The van der Waals surface area contributed by atoms with Gasteiger partial charge in [0, 0.05) is 19.5 Å². The van der Waals surface area contributed by atoms with Crippen LogP contribution >= 0.6 is 0 Å². The molecule has 0 aliphatic carbocycles. The number of likely N-dealkylation sites (tertiary alicyclic amines) is 1. The lowest BCUT2D eigenvalue weighted by molar-refractivity contribution is -0.130. The van der Waals surface area contributed by atoms with Crippen LogP contribution in [0.25, 0.3) is 0 Å². The third-order valence-electron chi connectivity index (χ3n) is 3.46. The predicted octanol–water partition coefficient (Wildman–Crippen LogP) is 2.12. The Morgan fingerprint density at radius 3 is 2.82 bits per heavy atom. The lowest BCUT2D eigenvalue weighted by atomic mass is 10.0. The van der Waals surface area contributed by atoms with Crippen molar-refractivity contribution in [2.45, 2.75) is 38.3 Å².